The Hall–Kier alpha value is 0.390. The fourth-order valence-corrected chi connectivity index (χ4v) is 3.27. The number of aliphatic hydroxyl groups excluding tert-OH is 1. The summed E-state index contributed by atoms with van der Waals surface area (Å²) < 4.78 is 6.98. The Kier molecular flexibility index (Phi) is 5.06. The van der Waals surface area contributed by atoms with Crippen LogP contribution >= 0.6 is 22.6 Å². The normalized spacial score (nSPS) is 43.7. The van der Waals surface area contributed by atoms with Crippen LogP contribution in [-0.4, -0.2) is 27.8 Å². The summed E-state index contributed by atoms with van der Waals surface area (Å²) in [5, 5.41) is 10.1. The van der Waals surface area contributed by atoms with Gasteiger partial charge in [0.05, 0.1) is 18.3 Å². The molecule has 0 bridgehead atoms. The second-order valence-electron chi connectivity index (χ2n) is 4.60. The zero-order valence-electron chi connectivity index (χ0n) is 9.69. The summed E-state index contributed by atoms with van der Waals surface area (Å²) in [4.78, 5) is 0. The van der Waals surface area contributed by atoms with Crippen LogP contribution in [0.5, 0.6) is 0 Å². The topological polar surface area (TPSA) is 29.5 Å². The van der Waals surface area contributed by atoms with Gasteiger partial charge in [-0.2, -0.15) is 0 Å². The zero-order chi connectivity index (χ0) is 11.6. The zero-order valence-corrected chi connectivity index (χ0v) is 11.8. The first kappa shape index (κ1) is 13.5. The van der Waals surface area contributed by atoms with Gasteiger partial charge in [0, 0.05) is 22.2 Å². The van der Waals surface area contributed by atoms with Gasteiger partial charge in [-0.15, -0.1) is 6.58 Å². The predicted molar refractivity (Wildman–Crippen MR) is 71.2 cm³/mol. The van der Waals surface area contributed by atoms with E-state index >= 15 is 0 Å². The highest BCUT2D eigenvalue weighted by Gasteiger charge is 2.41. The molecule has 0 spiro atoms. The minimum atomic E-state index is -0.258. The summed E-state index contributed by atoms with van der Waals surface area (Å²) in [7, 11) is 0. The third-order valence-corrected chi connectivity index (χ3v) is 4.42. The molecular weight excluding hydrogens is 303 g/mol. The van der Waals surface area contributed by atoms with Gasteiger partial charge in [0.2, 0.25) is 0 Å². The van der Waals surface area contributed by atoms with Crippen molar-refractivity contribution in [2.45, 2.75) is 39.1 Å². The maximum atomic E-state index is 10.1. The highest BCUT2D eigenvalue weighted by molar-refractivity contribution is 14.1. The predicted octanol–water partition coefficient (Wildman–Crippen LogP) is 2.64. The lowest BCUT2D eigenvalue weighted by molar-refractivity contribution is -0.164. The van der Waals surface area contributed by atoms with Gasteiger partial charge in [0.15, 0.2) is 0 Å². The fraction of sp³-hybridized carbons (Fsp3) is 0.833. The van der Waals surface area contributed by atoms with Gasteiger partial charge < -0.3 is 9.84 Å². The molecule has 15 heavy (non-hydrogen) atoms. The maximum absolute atomic E-state index is 10.1. The van der Waals surface area contributed by atoms with Crippen LogP contribution in [0.2, 0.25) is 0 Å². The van der Waals surface area contributed by atoms with Crippen LogP contribution in [0.4, 0.5) is 0 Å². The summed E-state index contributed by atoms with van der Waals surface area (Å²) in [5.41, 5.74) is 0. The van der Waals surface area contributed by atoms with Crippen molar-refractivity contribution in [2.24, 2.45) is 17.8 Å². The molecule has 0 unspecified atom stereocenters. The van der Waals surface area contributed by atoms with E-state index in [9.17, 15) is 5.11 Å². The fourth-order valence-electron chi connectivity index (χ4n) is 2.26. The number of rotatable bonds is 3. The van der Waals surface area contributed by atoms with Gasteiger partial charge in [0.25, 0.3) is 0 Å². The minimum Gasteiger partial charge on any atom is -0.392 e. The van der Waals surface area contributed by atoms with Crippen molar-refractivity contribution < 1.29 is 9.84 Å². The highest BCUT2D eigenvalue weighted by Crippen LogP contribution is 2.34. The van der Waals surface area contributed by atoms with E-state index < -0.39 is 0 Å². The van der Waals surface area contributed by atoms with Gasteiger partial charge in [-0.25, -0.2) is 0 Å². The van der Waals surface area contributed by atoms with Crippen molar-refractivity contribution in [2.75, 3.05) is 4.43 Å². The van der Waals surface area contributed by atoms with Crippen molar-refractivity contribution in [3.63, 3.8) is 0 Å². The summed E-state index contributed by atoms with van der Waals surface area (Å²) >= 11 is 2.32. The van der Waals surface area contributed by atoms with E-state index in [1.807, 2.05) is 6.08 Å². The summed E-state index contributed by atoms with van der Waals surface area (Å²) in [6.45, 7) is 10.0. The van der Waals surface area contributed by atoms with E-state index in [-0.39, 0.29) is 30.1 Å². The lowest BCUT2D eigenvalue weighted by Crippen LogP contribution is -2.51. The smallest absolute Gasteiger partial charge is 0.0718 e. The molecule has 0 amide bonds. The van der Waals surface area contributed by atoms with E-state index in [0.29, 0.717) is 5.92 Å². The van der Waals surface area contributed by atoms with Crippen LogP contribution in [-0.2, 0) is 4.74 Å². The van der Waals surface area contributed by atoms with E-state index in [1.165, 1.54) is 0 Å². The molecule has 3 heteroatoms. The molecular formula is C12H21IO2. The van der Waals surface area contributed by atoms with Crippen LogP contribution in [0.15, 0.2) is 12.7 Å². The summed E-state index contributed by atoms with van der Waals surface area (Å²) in [6, 6.07) is 0. The molecule has 2 nitrogen and oxygen atoms in total. The molecule has 0 aromatic carbocycles. The molecule has 1 saturated heterocycles. The van der Waals surface area contributed by atoms with Gasteiger partial charge in [-0.05, 0) is 0 Å². The number of halogens is 1. The molecule has 1 heterocycles. The molecule has 1 rings (SSSR count). The first-order valence-electron chi connectivity index (χ1n) is 5.55. The lowest BCUT2D eigenvalue weighted by atomic mass is 9.79. The Morgan fingerprint density at radius 3 is 2.53 bits per heavy atom. The van der Waals surface area contributed by atoms with Crippen LogP contribution in [0, 0.1) is 17.8 Å². The van der Waals surface area contributed by atoms with Crippen LogP contribution in [0.1, 0.15) is 20.8 Å². The molecule has 1 fully saturated rings. The molecule has 88 valence electrons. The Morgan fingerprint density at radius 1 is 1.47 bits per heavy atom. The van der Waals surface area contributed by atoms with E-state index in [1.54, 1.807) is 0 Å². The monoisotopic (exact) mass is 324 g/mol. The van der Waals surface area contributed by atoms with Crippen molar-refractivity contribution >= 4 is 22.6 Å². The number of hydrogen-bond acceptors (Lipinski definition) is 2. The number of aliphatic hydroxyl groups is 1. The van der Waals surface area contributed by atoms with Gasteiger partial charge in [0.1, 0.15) is 0 Å². The average Bonchev–Trinajstić information content (AvgIpc) is 2.25. The second kappa shape index (κ2) is 5.64. The van der Waals surface area contributed by atoms with Crippen molar-refractivity contribution in [3.05, 3.63) is 12.7 Å². The molecule has 1 N–H and O–H groups in total. The van der Waals surface area contributed by atoms with Gasteiger partial charge in [-0.1, -0.05) is 49.4 Å². The summed E-state index contributed by atoms with van der Waals surface area (Å²) in [6.07, 6.45) is 1.93. The van der Waals surface area contributed by atoms with Crippen LogP contribution in [0.3, 0.4) is 0 Å². The van der Waals surface area contributed by atoms with Crippen molar-refractivity contribution in [1.82, 2.24) is 0 Å². The van der Waals surface area contributed by atoms with Crippen LogP contribution in [0.25, 0.3) is 0 Å². The highest BCUT2D eigenvalue weighted by atomic mass is 127. The lowest BCUT2D eigenvalue weighted by Gasteiger charge is -2.44. The van der Waals surface area contributed by atoms with Crippen LogP contribution < -0.4 is 0 Å². The van der Waals surface area contributed by atoms with E-state index in [0.717, 1.165) is 4.43 Å². The molecule has 0 saturated carbocycles. The Morgan fingerprint density at radius 2 is 2.07 bits per heavy atom. The number of hydrogen-bond donors (Lipinski definition) is 1. The third kappa shape index (κ3) is 2.74. The summed E-state index contributed by atoms with van der Waals surface area (Å²) in [5.74, 6) is 0.713. The Bertz CT molecular complexity index is 218. The molecule has 0 aliphatic carbocycles. The minimum absolute atomic E-state index is 0.105. The Balaban J connectivity index is 2.78. The second-order valence-corrected chi connectivity index (χ2v) is 5.48. The van der Waals surface area contributed by atoms with E-state index in [4.69, 9.17) is 4.74 Å². The first-order valence-corrected chi connectivity index (χ1v) is 7.07. The largest absolute Gasteiger partial charge is 0.392 e. The third-order valence-electron chi connectivity index (χ3n) is 3.56. The standard InChI is InChI=1S/C12H21IO2/c1-5-7(2)12-9(4)11(14)8(3)10(6-13)15-12/h5,7-12,14H,1,6H2,2-4H3/t7-,8-,9+,10+,11-,12-/m1/s1. The maximum Gasteiger partial charge on any atom is 0.0718 e. The molecule has 1 aliphatic heterocycles. The van der Waals surface area contributed by atoms with Crippen molar-refractivity contribution in [3.8, 4) is 0 Å². The van der Waals surface area contributed by atoms with Crippen molar-refractivity contribution in [1.29, 1.82) is 0 Å². The number of alkyl halides is 1. The SMILES string of the molecule is C=C[C@@H](C)[C@H]1O[C@@H](CI)[C@@H](C)[C@@H](O)[C@@H]1C. The number of ether oxygens (including phenoxy) is 1. The van der Waals surface area contributed by atoms with E-state index in [2.05, 4.69) is 49.9 Å². The first-order chi connectivity index (χ1) is 7.02. The molecule has 0 radical (unpaired) electrons. The van der Waals surface area contributed by atoms with Gasteiger partial charge in [-0.3, -0.25) is 0 Å². The quantitative estimate of drug-likeness (QED) is 0.491. The Labute approximate surface area is 106 Å². The molecule has 1 aliphatic rings. The average molecular weight is 324 g/mol. The molecule has 0 aromatic rings. The molecule has 0 aromatic heterocycles. The molecule has 6 atom stereocenters. The van der Waals surface area contributed by atoms with Gasteiger partial charge >= 0.3 is 0 Å².